The Morgan fingerprint density at radius 2 is 2.10 bits per heavy atom. The van der Waals surface area contributed by atoms with Crippen LogP contribution in [-0.2, 0) is 14.8 Å². The van der Waals surface area contributed by atoms with Crippen LogP contribution in [0.15, 0.2) is 23.1 Å². The average Bonchev–Trinajstić information content (AvgIpc) is 2.71. The number of carboxylic acid groups (broad SMARTS) is 1. The van der Waals surface area contributed by atoms with E-state index >= 15 is 0 Å². The van der Waals surface area contributed by atoms with Crippen molar-refractivity contribution in [3.63, 3.8) is 0 Å². The van der Waals surface area contributed by atoms with Crippen molar-refractivity contribution in [3.05, 3.63) is 29.6 Å². The summed E-state index contributed by atoms with van der Waals surface area (Å²) in [5.41, 5.74) is 0.190. The van der Waals surface area contributed by atoms with Crippen LogP contribution in [0.2, 0.25) is 0 Å². The first-order valence-corrected chi connectivity index (χ1v) is 7.36. The summed E-state index contributed by atoms with van der Waals surface area (Å²) in [5.74, 6) is -1.89. The van der Waals surface area contributed by atoms with Crippen LogP contribution in [0.25, 0.3) is 0 Å². The number of sulfonamides is 1. The molecule has 0 unspecified atom stereocenters. The first-order chi connectivity index (χ1) is 9.23. The molecule has 110 valence electrons. The SMILES string of the molecule is Cc1cc(F)ccc1S(=O)(=O)N1C[C@H](O)C[C@@H]1C(=O)O. The molecular weight excluding hydrogens is 289 g/mol. The third kappa shape index (κ3) is 2.54. The van der Waals surface area contributed by atoms with Crippen molar-refractivity contribution < 1.29 is 27.8 Å². The highest BCUT2D eigenvalue weighted by Gasteiger charge is 2.43. The molecular formula is C12H14FNO5S. The van der Waals surface area contributed by atoms with Gasteiger partial charge in [0.05, 0.1) is 11.0 Å². The molecule has 1 saturated heterocycles. The Morgan fingerprint density at radius 1 is 1.45 bits per heavy atom. The van der Waals surface area contributed by atoms with Gasteiger partial charge in [0.2, 0.25) is 10.0 Å². The number of β-amino-alcohol motifs (C(OH)–C–C–N with tert-alkyl or cyclic N) is 1. The van der Waals surface area contributed by atoms with Gasteiger partial charge in [0.1, 0.15) is 11.9 Å². The lowest BCUT2D eigenvalue weighted by Gasteiger charge is -2.21. The third-order valence-corrected chi connectivity index (χ3v) is 5.28. The highest BCUT2D eigenvalue weighted by molar-refractivity contribution is 7.89. The van der Waals surface area contributed by atoms with Crippen LogP contribution in [0, 0.1) is 12.7 Å². The lowest BCUT2D eigenvalue weighted by atomic mass is 10.2. The predicted octanol–water partition coefficient (Wildman–Crippen LogP) is 0.343. The molecule has 2 N–H and O–H groups in total. The Hall–Kier alpha value is -1.51. The summed E-state index contributed by atoms with van der Waals surface area (Å²) in [6, 6.07) is 1.86. The zero-order valence-electron chi connectivity index (χ0n) is 10.7. The van der Waals surface area contributed by atoms with E-state index in [1.165, 1.54) is 6.92 Å². The number of aryl methyl sites for hydroxylation is 1. The lowest BCUT2D eigenvalue weighted by molar-refractivity contribution is -0.140. The van der Waals surface area contributed by atoms with Crippen molar-refractivity contribution in [1.82, 2.24) is 4.31 Å². The van der Waals surface area contributed by atoms with Gasteiger partial charge in [-0.25, -0.2) is 12.8 Å². The van der Waals surface area contributed by atoms with Gasteiger partial charge in [-0.15, -0.1) is 0 Å². The van der Waals surface area contributed by atoms with E-state index in [9.17, 15) is 22.7 Å². The van der Waals surface area contributed by atoms with E-state index < -0.39 is 34.0 Å². The van der Waals surface area contributed by atoms with Crippen LogP contribution in [0.4, 0.5) is 4.39 Å². The zero-order valence-corrected chi connectivity index (χ0v) is 11.5. The Labute approximate surface area is 115 Å². The summed E-state index contributed by atoms with van der Waals surface area (Å²) < 4.78 is 38.7. The van der Waals surface area contributed by atoms with Crippen LogP contribution in [0.3, 0.4) is 0 Å². The number of aliphatic hydroxyl groups is 1. The predicted molar refractivity (Wildman–Crippen MR) is 67.1 cm³/mol. The number of carboxylic acids is 1. The van der Waals surface area contributed by atoms with E-state index in [2.05, 4.69) is 0 Å². The minimum absolute atomic E-state index is 0.153. The zero-order chi connectivity index (χ0) is 15.1. The van der Waals surface area contributed by atoms with Crippen molar-refractivity contribution in [3.8, 4) is 0 Å². The molecule has 1 aliphatic heterocycles. The van der Waals surface area contributed by atoms with Crippen LogP contribution in [0.5, 0.6) is 0 Å². The standard InChI is InChI=1S/C12H14FNO5S/c1-7-4-8(13)2-3-11(7)20(18,19)14-6-9(15)5-10(14)12(16)17/h2-4,9-10,15H,5-6H2,1H3,(H,16,17)/t9-,10-/m1/s1. The molecule has 0 radical (unpaired) electrons. The Morgan fingerprint density at radius 3 is 2.65 bits per heavy atom. The van der Waals surface area contributed by atoms with Crippen molar-refractivity contribution in [1.29, 1.82) is 0 Å². The number of rotatable bonds is 3. The molecule has 2 rings (SSSR count). The molecule has 1 aliphatic rings. The van der Waals surface area contributed by atoms with E-state index in [0.717, 1.165) is 22.5 Å². The minimum atomic E-state index is -4.09. The molecule has 0 amide bonds. The van der Waals surface area contributed by atoms with Crippen molar-refractivity contribution in [2.24, 2.45) is 0 Å². The largest absolute Gasteiger partial charge is 0.480 e. The average molecular weight is 303 g/mol. The maximum absolute atomic E-state index is 13.0. The Bertz CT molecular complexity index is 645. The van der Waals surface area contributed by atoms with Crippen LogP contribution < -0.4 is 0 Å². The van der Waals surface area contributed by atoms with Gasteiger partial charge in [-0.1, -0.05) is 0 Å². The second kappa shape index (κ2) is 5.12. The molecule has 0 bridgehead atoms. The number of carbonyl (C=O) groups is 1. The van der Waals surface area contributed by atoms with Gasteiger partial charge >= 0.3 is 5.97 Å². The van der Waals surface area contributed by atoms with Gasteiger partial charge in [0.15, 0.2) is 0 Å². The van der Waals surface area contributed by atoms with E-state index in [1.54, 1.807) is 0 Å². The smallest absolute Gasteiger partial charge is 0.322 e. The van der Waals surface area contributed by atoms with Crippen LogP contribution in [0.1, 0.15) is 12.0 Å². The lowest BCUT2D eigenvalue weighted by Crippen LogP contribution is -2.40. The third-order valence-electron chi connectivity index (χ3n) is 3.24. The first-order valence-electron chi connectivity index (χ1n) is 5.92. The number of nitrogens with zero attached hydrogens (tertiary/aromatic N) is 1. The van der Waals surface area contributed by atoms with Crippen molar-refractivity contribution >= 4 is 16.0 Å². The summed E-state index contributed by atoms with van der Waals surface area (Å²) in [6.07, 6.45) is -1.18. The van der Waals surface area contributed by atoms with Gasteiger partial charge in [-0.05, 0) is 30.7 Å². The molecule has 6 nitrogen and oxygen atoms in total. The van der Waals surface area contributed by atoms with E-state index in [4.69, 9.17) is 5.11 Å². The molecule has 0 aromatic heterocycles. The molecule has 20 heavy (non-hydrogen) atoms. The van der Waals surface area contributed by atoms with Gasteiger partial charge in [0, 0.05) is 13.0 Å². The molecule has 2 atom stereocenters. The fourth-order valence-electron chi connectivity index (χ4n) is 2.30. The molecule has 1 aromatic carbocycles. The summed E-state index contributed by atoms with van der Waals surface area (Å²) in [7, 11) is -4.09. The maximum atomic E-state index is 13.0. The normalized spacial score (nSPS) is 23.9. The number of aliphatic hydroxyl groups excluding tert-OH is 1. The summed E-state index contributed by atoms with van der Waals surface area (Å²) in [6.45, 7) is 1.15. The number of hydrogen-bond acceptors (Lipinski definition) is 4. The summed E-state index contributed by atoms with van der Waals surface area (Å²) in [5, 5.41) is 18.6. The monoisotopic (exact) mass is 303 g/mol. The summed E-state index contributed by atoms with van der Waals surface area (Å²) in [4.78, 5) is 10.9. The second-order valence-corrected chi connectivity index (χ2v) is 6.59. The number of aliphatic carboxylic acids is 1. The maximum Gasteiger partial charge on any atom is 0.322 e. The Kier molecular flexibility index (Phi) is 3.81. The van der Waals surface area contributed by atoms with Gasteiger partial charge < -0.3 is 10.2 Å². The highest BCUT2D eigenvalue weighted by atomic mass is 32.2. The van der Waals surface area contributed by atoms with Crippen molar-refractivity contribution in [2.45, 2.75) is 30.4 Å². The van der Waals surface area contributed by atoms with Crippen LogP contribution in [-0.4, -0.2) is 47.6 Å². The minimum Gasteiger partial charge on any atom is -0.480 e. The highest BCUT2D eigenvalue weighted by Crippen LogP contribution is 2.28. The van der Waals surface area contributed by atoms with Gasteiger partial charge in [0.25, 0.3) is 0 Å². The Balaban J connectivity index is 2.46. The number of halogens is 1. The van der Waals surface area contributed by atoms with Crippen molar-refractivity contribution in [2.75, 3.05) is 6.54 Å². The first kappa shape index (κ1) is 14.9. The van der Waals surface area contributed by atoms with E-state index in [1.807, 2.05) is 0 Å². The second-order valence-electron chi connectivity index (χ2n) is 4.73. The van der Waals surface area contributed by atoms with Crippen LogP contribution >= 0.6 is 0 Å². The molecule has 1 fully saturated rings. The molecule has 1 heterocycles. The molecule has 0 aliphatic carbocycles. The molecule has 1 aromatic rings. The number of benzene rings is 1. The molecule has 0 saturated carbocycles. The summed E-state index contributed by atoms with van der Waals surface area (Å²) >= 11 is 0. The fraction of sp³-hybridized carbons (Fsp3) is 0.417. The van der Waals surface area contributed by atoms with Gasteiger partial charge in [-0.2, -0.15) is 4.31 Å². The van der Waals surface area contributed by atoms with Gasteiger partial charge in [-0.3, -0.25) is 4.79 Å². The van der Waals surface area contributed by atoms with E-state index in [-0.39, 0.29) is 23.4 Å². The number of hydrogen-bond donors (Lipinski definition) is 2. The molecule has 8 heteroatoms. The van der Waals surface area contributed by atoms with E-state index in [0.29, 0.717) is 0 Å². The fourth-order valence-corrected chi connectivity index (χ4v) is 4.14. The molecule has 0 spiro atoms. The quantitative estimate of drug-likeness (QED) is 0.840. The topological polar surface area (TPSA) is 94.9 Å².